The fourth-order valence-electron chi connectivity index (χ4n) is 5.01. The van der Waals surface area contributed by atoms with Crippen molar-refractivity contribution in [3.05, 3.63) is 69.3 Å². The van der Waals surface area contributed by atoms with Gasteiger partial charge in [0, 0.05) is 37.7 Å². The number of non-ortho nitro benzene ring substituents is 1. The molecule has 2 aliphatic rings. The van der Waals surface area contributed by atoms with E-state index in [9.17, 15) is 23.3 Å². The normalized spacial score (nSPS) is 20.2. The lowest BCUT2D eigenvalue weighted by Crippen LogP contribution is -2.44. The van der Waals surface area contributed by atoms with Crippen LogP contribution >= 0.6 is 0 Å². The Bertz CT molecular complexity index is 1170. The van der Waals surface area contributed by atoms with Gasteiger partial charge in [-0.15, -0.1) is 0 Å². The van der Waals surface area contributed by atoms with Gasteiger partial charge < -0.3 is 4.90 Å². The van der Waals surface area contributed by atoms with Crippen LogP contribution in [0.15, 0.2) is 47.4 Å². The summed E-state index contributed by atoms with van der Waals surface area (Å²) in [6, 6.07) is 12.1. The molecule has 0 aliphatic carbocycles. The lowest BCUT2D eigenvalue weighted by atomic mass is 9.94. The molecule has 176 valence electrons. The highest BCUT2D eigenvalue weighted by Gasteiger charge is 2.38. The van der Waals surface area contributed by atoms with E-state index < -0.39 is 14.9 Å². The molecule has 0 spiro atoms. The number of nitrogens with zero attached hydrogens (tertiary/aromatic N) is 3. The molecule has 0 aromatic heterocycles. The van der Waals surface area contributed by atoms with E-state index in [1.165, 1.54) is 27.6 Å². The maximum atomic E-state index is 13.4. The van der Waals surface area contributed by atoms with Crippen LogP contribution in [0.4, 0.5) is 5.69 Å². The molecular formula is C24H29N3O5S. The van der Waals surface area contributed by atoms with E-state index in [0.29, 0.717) is 18.4 Å². The lowest BCUT2D eigenvalue weighted by Gasteiger charge is -2.35. The van der Waals surface area contributed by atoms with E-state index in [4.69, 9.17) is 0 Å². The summed E-state index contributed by atoms with van der Waals surface area (Å²) in [5, 5.41) is 11.1. The Hall–Kier alpha value is -2.78. The van der Waals surface area contributed by atoms with Crippen molar-refractivity contribution in [3.63, 3.8) is 0 Å². The fourth-order valence-corrected chi connectivity index (χ4v) is 6.73. The topological polar surface area (TPSA) is 101 Å². The summed E-state index contributed by atoms with van der Waals surface area (Å²) in [4.78, 5) is 25.8. The van der Waals surface area contributed by atoms with Crippen LogP contribution in [0.3, 0.4) is 0 Å². The van der Waals surface area contributed by atoms with Crippen LogP contribution in [0.2, 0.25) is 0 Å². The van der Waals surface area contributed by atoms with Gasteiger partial charge in [0.25, 0.3) is 5.69 Å². The number of carbonyl (C=O) groups excluding carboxylic acids is 1. The SMILES string of the molecule is Cc1ccccc1C1CCCN1C(=O)C1CCN(S(=O)(=O)c2cc([N+](=O)[O-])ccc2C)CC1. The molecule has 2 fully saturated rings. The molecule has 9 heteroatoms. The average molecular weight is 472 g/mol. The number of hydrogen-bond acceptors (Lipinski definition) is 5. The molecular weight excluding hydrogens is 442 g/mol. The molecule has 2 aromatic carbocycles. The molecule has 2 saturated heterocycles. The third-order valence-corrected chi connectivity index (χ3v) is 8.93. The minimum absolute atomic E-state index is 0.0411. The highest BCUT2D eigenvalue weighted by atomic mass is 32.2. The van der Waals surface area contributed by atoms with Crippen molar-refractivity contribution in [2.24, 2.45) is 5.92 Å². The maximum Gasteiger partial charge on any atom is 0.270 e. The van der Waals surface area contributed by atoms with Crippen LogP contribution in [-0.4, -0.2) is 48.1 Å². The highest BCUT2D eigenvalue weighted by molar-refractivity contribution is 7.89. The Labute approximate surface area is 194 Å². The summed E-state index contributed by atoms with van der Waals surface area (Å²) in [7, 11) is -3.87. The van der Waals surface area contributed by atoms with Crippen molar-refractivity contribution in [2.45, 2.75) is 50.5 Å². The van der Waals surface area contributed by atoms with Gasteiger partial charge in [0.1, 0.15) is 0 Å². The molecule has 0 saturated carbocycles. The van der Waals surface area contributed by atoms with Crippen molar-refractivity contribution < 1.29 is 18.1 Å². The summed E-state index contributed by atoms with van der Waals surface area (Å²) in [6.07, 6.45) is 2.80. The van der Waals surface area contributed by atoms with Crippen LogP contribution in [0.5, 0.6) is 0 Å². The first-order chi connectivity index (χ1) is 15.7. The third-order valence-electron chi connectivity index (χ3n) is 6.89. The largest absolute Gasteiger partial charge is 0.335 e. The van der Waals surface area contributed by atoms with Gasteiger partial charge in [0.05, 0.1) is 15.9 Å². The Morgan fingerprint density at radius 1 is 1.00 bits per heavy atom. The summed E-state index contributed by atoms with van der Waals surface area (Å²) in [5.74, 6) is -0.114. The molecule has 0 bridgehead atoms. The fraction of sp³-hybridized carbons (Fsp3) is 0.458. The van der Waals surface area contributed by atoms with Gasteiger partial charge >= 0.3 is 0 Å². The van der Waals surface area contributed by atoms with E-state index >= 15 is 0 Å². The van der Waals surface area contributed by atoms with Gasteiger partial charge in [-0.3, -0.25) is 14.9 Å². The quantitative estimate of drug-likeness (QED) is 0.485. The van der Waals surface area contributed by atoms with Gasteiger partial charge in [-0.05, 0) is 56.2 Å². The Morgan fingerprint density at radius 3 is 2.36 bits per heavy atom. The number of benzene rings is 2. The maximum absolute atomic E-state index is 13.4. The van der Waals surface area contributed by atoms with Crippen LogP contribution in [-0.2, 0) is 14.8 Å². The van der Waals surface area contributed by atoms with E-state index in [2.05, 4.69) is 19.1 Å². The second-order valence-electron chi connectivity index (χ2n) is 8.93. The first kappa shape index (κ1) is 23.4. The lowest BCUT2D eigenvalue weighted by molar-refractivity contribution is -0.385. The van der Waals surface area contributed by atoms with Crippen LogP contribution < -0.4 is 0 Å². The first-order valence-corrected chi connectivity index (χ1v) is 12.8. The summed E-state index contributed by atoms with van der Waals surface area (Å²) in [6.45, 7) is 4.87. The molecule has 2 aromatic rings. The minimum atomic E-state index is -3.87. The summed E-state index contributed by atoms with van der Waals surface area (Å²) in [5.41, 5.74) is 2.58. The number of amides is 1. The van der Waals surface area contributed by atoms with Gasteiger partial charge in [-0.1, -0.05) is 30.3 Å². The zero-order chi connectivity index (χ0) is 23.8. The number of nitro groups is 1. The number of rotatable bonds is 5. The molecule has 8 nitrogen and oxygen atoms in total. The highest BCUT2D eigenvalue weighted by Crippen LogP contribution is 2.36. The predicted molar refractivity (Wildman–Crippen MR) is 124 cm³/mol. The molecule has 2 heterocycles. The average Bonchev–Trinajstić information content (AvgIpc) is 3.28. The zero-order valence-corrected chi connectivity index (χ0v) is 19.8. The standard InChI is InChI=1S/C24H29N3O5S/c1-17-6-3-4-7-21(17)22-8-5-13-26(22)24(28)19-11-14-25(15-12-19)33(31,32)23-16-20(27(29)30)10-9-18(23)2/h3-4,6-7,9-10,16,19,22H,5,8,11-15H2,1-2H3. The number of hydrogen-bond donors (Lipinski definition) is 0. The van der Waals surface area contributed by atoms with Gasteiger partial charge in [0.15, 0.2) is 0 Å². The smallest absolute Gasteiger partial charge is 0.270 e. The van der Waals surface area contributed by atoms with Crippen LogP contribution in [0.25, 0.3) is 0 Å². The van der Waals surface area contributed by atoms with Crippen LogP contribution in [0.1, 0.15) is 48.4 Å². The van der Waals surface area contributed by atoms with Crippen molar-refractivity contribution in [1.82, 2.24) is 9.21 Å². The number of likely N-dealkylation sites (tertiary alicyclic amines) is 1. The molecule has 0 N–H and O–H groups in total. The van der Waals surface area contributed by atoms with Crippen molar-refractivity contribution in [2.75, 3.05) is 19.6 Å². The van der Waals surface area contributed by atoms with Crippen molar-refractivity contribution in [3.8, 4) is 0 Å². The molecule has 33 heavy (non-hydrogen) atoms. The molecule has 1 unspecified atom stereocenters. The molecule has 1 amide bonds. The summed E-state index contributed by atoms with van der Waals surface area (Å²) >= 11 is 0. The van der Waals surface area contributed by atoms with Crippen molar-refractivity contribution >= 4 is 21.6 Å². The number of carbonyl (C=O) groups is 1. The van der Waals surface area contributed by atoms with Crippen LogP contribution in [0, 0.1) is 29.9 Å². The molecule has 1 atom stereocenters. The number of piperidine rings is 1. The van der Waals surface area contributed by atoms with E-state index in [-0.39, 0.29) is 41.5 Å². The van der Waals surface area contributed by atoms with Crippen molar-refractivity contribution in [1.29, 1.82) is 0 Å². The Morgan fingerprint density at radius 2 is 1.70 bits per heavy atom. The second-order valence-corrected chi connectivity index (χ2v) is 10.8. The minimum Gasteiger partial charge on any atom is -0.335 e. The number of aryl methyl sites for hydroxylation is 2. The zero-order valence-electron chi connectivity index (χ0n) is 18.9. The Balaban J connectivity index is 1.47. The van der Waals surface area contributed by atoms with Gasteiger partial charge in [0.2, 0.25) is 15.9 Å². The molecule has 0 radical (unpaired) electrons. The van der Waals surface area contributed by atoms with Gasteiger partial charge in [-0.25, -0.2) is 8.42 Å². The molecule has 4 rings (SSSR count). The number of nitro benzene ring substituents is 1. The van der Waals surface area contributed by atoms with Gasteiger partial charge in [-0.2, -0.15) is 4.31 Å². The number of sulfonamides is 1. The third kappa shape index (κ3) is 4.52. The predicted octanol–water partition coefficient (Wildman–Crippen LogP) is 3.98. The first-order valence-electron chi connectivity index (χ1n) is 11.3. The van der Waals surface area contributed by atoms with E-state index in [1.54, 1.807) is 6.92 Å². The molecule has 2 aliphatic heterocycles. The summed E-state index contributed by atoms with van der Waals surface area (Å²) < 4.78 is 27.7. The Kier molecular flexibility index (Phi) is 6.54. The van der Waals surface area contributed by atoms with E-state index in [1.807, 2.05) is 17.0 Å². The van der Waals surface area contributed by atoms with E-state index in [0.717, 1.165) is 25.5 Å². The monoisotopic (exact) mass is 471 g/mol. The second kappa shape index (κ2) is 9.23.